The van der Waals surface area contributed by atoms with Gasteiger partial charge in [0.25, 0.3) is 5.56 Å². The van der Waals surface area contributed by atoms with Gasteiger partial charge in [-0.1, -0.05) is 0 Å². The van der Waals surface area contributed by atoms with E-state index in [1.807, 2.05) is 0 Å². The Morgan fingerprint density at radius 2 is 2.06 bits per heavy atom. The van der Waals surface area contributed by atoms with Gasteiger partial charge < -0.3 is 0 Å². The van der Waals surface area contributed by atoms with E-state index in [1.165, 1.54) is 6.92 Å². The minimum Gasteiger partial charge on any atom is -0.274 e. The fraction of sp³-hybridized carbons (Fsp3) is 0.300. The Bertz CT molecular complexity index is 552. The summed E-state index contributed by atoms with van der Waals surface area (Å²) < 4.78 is 36.5. The summed E-state index contributed by atoms with van der Waals surface area (Å²) in [4.78, 5) is 22.6. The Labute approximate surface area is 93.9 Å². The predicted molar refractivity (Wildman–Crippen MR) is 51.5 cm³/mol. The topological polar surface area (TPSA) is 62.9 Å². The number of hydrogen-bond donors (Lipinski definition) is 0. The van der Waals surface area contributed by atoms with Gasteiger partial charge in [0.1, 0.15) is 12.5 Å². The number of alkyl halides is 3. The van der Waals surface area contributed by atoms with Crippen molar-refractivity contribution in [3.63, 3.8) is 0 Å². The number of nitriles is 1. The Balaban J connectivity index is 3.28. The van der Waals surface area contributed by atoms with Gasteiger partial charge in [-0.25, -0.2) is 4.57 Å². The first-order chi connectivity index (χ1) is 7.76. The quantitative estimate of drug-likeness (QED) is 0.754. The smallest absolute Gasteiger partial charge is 0.274 e. The molecular formula is C10H7F3N2O2. The zero-order chi connectivity index (χ0) is 13.2. The predicted octanol–water partition coefficient (Wildman–Crippen LogP) is 1.62. The van der Waals surface area contributed by atoms with Crippen molar-refractivity contribution >= 4 is 5.91 Å². The number of carbonyl (C=O) groups excluding carboxylic acids is 1. The molecule has 1 aromatic heterocycles. The van der Waals surface area contributed by atoms with E-state index in [-0.39, 0.29) is 11.3 Å². The van der Waals surface area contributed by atoms with Gasteiger partial charge in [-0.2, -0.15) is 18.4 Å². The van der Waals surface area contributed by atoms with Crippen LogP contribution in [-0.4, -0.2) is 16.7 Å². The van der Waals surface area contributed by atoms with Crippen LogP contribution >= 0.6 is 0 Å². The van der Waals surface area contributed by atoms with Crippen molar-refractivity contribution in [3.8, 4) is 6.07 Å². The normalized spacial score (nSPS) is 11.0. The van der Waals surface area contributed by atoms with Crippen LogP contribution in [0.25, 0.3) is 0 Å². The van der Waals surface area contributed by atoms with Crippen molar-refractivity contribution in [2.75, 3.05) is 0 Å². The SMILES string of the molecule is Cc1c(C#N)ccc(=O)n1C(=O)CC(F)(F)F. The molecular weight excluding hydrogens is 237 g/mol. The third-order valence-electron chi connectivity index (χ3n) is 2.06. The lowest BCUT2D eigenvalue weighted by atomic mass is 10.2. The third kappa shape index (κ3) is 2.93. The van der Waals surface area contributed by atoms with Crippen LogP contribution in [-0.2, 0) is 0 Å². The Morgan fingerprint density at radius 3 is 2.53 bits per heavy atom. The zero-order valence-corrected chi connectivity index (χ0v) is 8.71. The lowest BCUT2D eigenvalue weighted by Gasteiger charge is -2.10. The molecule has 0 fully saturated rings. The van der Waals surface area contributed by atoms with E-state index < -0.39 is 24.1 Å². The highest BCUT2D eigenvalue weighted by Gasteiger charge is 2.32. The molecule has 0 saturated heterocycles. The molecule has 90 valence electrons. The maximum Gasteiger partial charge on any atom is 0.397 e. The molecule has 17 heavy (non-hydrogen) atoms. The van der Waals surface area contributed by atoms with Crippen molar-refractivity contribution in [1.29, 1.82) is 5.26 Å². The van der Waals surface area contributed by atoms with Gasteiger partial charge in [0, 0.05) is 11.8 Å². The first-order valence-electron chi connectivity index (χ1n) is 4.49. The van der Waals surface area contributed by atoms with Gasteiger partial charge >= 0.3 is 6.18 Å². The van der Waals surface area contributed by atoms with Gasteiger partial charge in [-0.15, -0.1) is 0 Å². The monoisotopic (exact) mass is 244 g/mol. The molecule has 0 aliphatic carbocycles. The molecule has 4 nitrogen and oxygen atoms in total. The third-order valence-corrected chi connectivity index (χ3v) is 2.06. The number of hydrogen-bond acceptors (Lipinski definition) is 3. The van der Waals surface area contributed by atoms with E-state index >= 15 is 0 Å². The van der Waals surface area contributed by atoms with Crippen molar-refractivity contribution in [3.05, 3.63) is 33.7 Å². The lowest BCUT2D eigenvalue weighted by molar-refractivity contribution is -0.126. The Hall–Kier alpha value is -2.10. The van der Waals surface area contributed by atoms with Crippen LogP contribution in [0, 0.1) is 18.3 Å². The standard InChI is InChI=1S/C10H7F3N2O2/c1-6-7(5-14)2-3-8(16)15(6)9(17)4-10(11,12)13/h2-3H,4H2,1H3. The van der Waals surface area contributed by atoms with E-state index in [0.29, 0.717) is 4.57 Å². The van der Waals surface area contributed by atoms with Crippen molar-refractivity contribution < 1.29 is 18.0 Å². The van der Waals surface area contributed by atoms with E-state index in [1.54, 1.807) is 6.07 Å². The molecule has 1 aromatic rings. The number of carbonyl (C=O) groups is 1. The van der Waals surface area contributed by atoms with Gasteiger partial charge in [-0.3, -0.25) is 9.59 Å². The average molecular weight is 244 g/mol. The minimum absolute atomic E-state index is 0.0138. The summed E-state index contributed by atoms with van der Waals surface area (Å²) in [5.41, 5.74) is -0.981. The van der Waals surface area contributed by atoms with Crippen LogP contribution in [0.2, 0.25) is 0 Å². The Kier molecular flexibility index (Phi) is 3.36. The second-order valence-corrected chi connectivity index (χ2v) is 3.30. The summed E-state index contributed by atoms with van der Waals surface area (Å²) in [6.45, 7) is 1.24. The first-order valence-corrected chi connectivity index (χ1v) is 4.49. The van der Waals surface area contributed by atoms with E-state index in [0.717, 1.165) is 12.1 Å². The zero-order valence-electron chi connectivity index (χ0n) is 8.71. The lowest BCUT2D eigenvalue weighted by Crippen LogP contribution is -2.31. The highest BCUT2D eigenvalue weighted by atomic mass is 19.4. The van der Waals surface area contributed by atoms with E-state index in [4.69, 9.17) is 5.26 Å². The molecule has 0 aromatic carbocycles. The van der Waals surface area contributed by atoms with Gasteiger partial charge in [0.15, 0.2) is 0 Å². The average Bonchev–Trinajstić information content (AvgIpc) is 2.15. The fourth-order valence-corrected chi connectivity index (χ4v) is 1.31. The summed E-state index contributed by atoms with van der Waals surface area (Å²) in [6.07, 6.45) is -6.42. The number of nitrogens with zero attached hydrogens (tertiary/aromatic N) is 2. The summed E-state index contributed by atoms with van der Waals surface area (Å²) in [6, 6.07) is 3.74. The highest BCUT2D eigenvalue weighted by Crippen LogP contribution is 2.20. The number of halogens is 3. The maximum absolute atomic E-state index is 12.0. The second kappa shape index (κ2) is 4.41. The molecule has 0 saturated carbocycles. The van der Waals surface area contributed by atoms with Crippen molar-refractivity contribution in [2.45, 2.75) is 19.5 Å². The van der Waals surface area contributed by atoms with Crippen LogP contribution in [0.1, 0.15) is 22.5 Å². The number of pyridine rings is 1. The molecule has 0 N–H and O–H groups in total. The molecule has 0 radical (unpaired) electrons. The molecule has 0 aliphatic heterocycles. The Morgan fingerprint density at radius 1 is 1.47 bits per heavy atom. The van der Waals surface area contributed by atoms with Gasteiger partial charge in [0.2, 0.25) is 5.91 Å². The van der Waals surface area contributed by atoms with E-state index in [9.17, 15) is 22.8 Å². The van der Waals surface area contributed by atoms with Crippen LogP contribution in [0.4, 0.5) is 13.2 Å². The summed E-state index contributed by atoms with van der Waals surface area (Å²) >= 11 is 0. The molecule has 0 bridgehead atoms. The number of aromatic nitrogens is 1. The summed E-state index contributed by atoms with van der Waals surface area (Å²) in [5, 5.41) is 8.65. The van der Waals surface area contributed by atoms with Crippen molar-refractivity contribution in [2.24, 2.45) is 0 Å². The van der Waals surface area contributed by atoms with Crippen LogP contribution in [0.15, 0.2) is 16.9 Å². The molecule has 0 amide bonds. The maximum atomic E-state index is 12.0. The molecule has 1 heterocycles. The van der Waals surface area contributed by atoms with Crippen LogP contribution in [0.3, 0.4) is 0 Å². The molecule has 1 rings (SSSR count). The minimum atomic E-state index is -4.69. The molecule has 0 atom stereocenters. The molecule has 0 unspecified atom stereocenters. The van der Waals surface area contributed by atoms with Gasteiger partial charge in [-0.05, 0) is 13.0 Å². The second-order valence-electron chi connectivity index (χ2n) is 3.30. The summed E-state index contributed by atoms with van der Waals surface area (Å²) in [5.74, 6) is -1.39. The summed E-state index contributed by atoms with van der Waals surface area (Å²) in [7, 11) is 0. The fourth-order valence-electron chi connectivity index (χ4n) is 1.31. The largest absolute Gasteiger partial charge is 0.397 e. The van der Waals surface area contributed by atoms with Crippen molar-refractivity contribution in [1.82, 2.24) is 4.57 Å². The van der Waals surface area contributed by atoms with Crippen LogP contribution in [0.5, 0.6) is 0 Å². The molecule has 0 spiro atoms. The van der Waals surface area contributed by atoms with E-state index in [2.05, 4.69) is 0 Å². The molecule has 0 aliphatic rings. The molecule has 7 heteroatoms. The number of rotatable bonds is 1. The first kappa shape index (κ1) is 13.0. The highest BCUT2D eigenvalue weighted by molar-refractivity contribution is 5.80. The van der Waals surface area contributed by atoms with Crippen LogP contribution < -0.4 is 5.56 Å². The van der Waals surface area contributed by atoms with Gasteiger partial charge in [0.05, 0.1) is 5.56 Å².